The zero-order valence-corrected chi connectivity index (χ0v) is 20.8. The van der Waals surface area contributed by atoms with E-state index in [1.807, 2.05) is 7.05 Å². The summed E-state index contributed by atoms with van der Waals surface area (Å²) in [6.45, 7) is 6.25. The van der Waals surface area contributed by atoms with Crippen molar-refractivity contribution in [2.75, 3.05) is 53.2 Å². The summed E-state index contributed by atoms with van der Waals surface area (Å²) in [5.74, 6) is 1.58. The molecule has 172 valence electrons. The van der Waals surface area contributed by atoms with Crippen LogP contribution in [0.15, 0.2) is 4.99 Å². The first-order valence-corrected chi connectivity index (χ1v) is 11.6. The van der Waals surface area contributed by atoms with Crippen LogP contribution < -0.4 is 10.6 Å². The maximum Gasteiger partial charge on any atom is 0.190 e. The third-order valence-electron chi connectivity index (χ3n) is 5.70. The highest BCUT2D eigenvalue weighted by Gasteiger charge is 2.14. The monoisotopic (exact) mass is 525 g/mol. The Morgan fingerprint density at radius 1 is 0.897 bits per heavy atom. The molecule has 1 heterocycles. The number of guanidine groups is 1. The second kappa shape index (κ2) is 18.6. The fourth-order valence-electron chi connectivity index (χ4n) is 3.86. The number of nitrogens with one attached hydrogen (secondary N) is 2. The van der Waals surface area contributed by atoms with Crippen LogP contribution in [0.2, 0.25) is 0 Å². The van der Waals surface area contributed by atoms with Crippen LogP contribution in [0.5, 0.6) is 0 Å². The molecule has 2 aliphatic rings. The average molecular weight is 526 g/mol. The summed E-state index contributed by atoms with van der Waals surface area (Å²) in [6, 6.07) is 0. The van der Waals surface area contributed by atoms with Gasteiger partial charge in [0.15, 0.2) is 5.96 Å². The summed E-state index contributed by atoms with van der Waals surface area (Å²) in [6.07, 6.45) is 14.0. The molecule has 1 aliphatic heterocycles. The first kappa shape index (κ1) is 26.9. The Bertz CT molecular complexity index is 401. The van der Waals surface area contributed by atoms with Gasteiger partial charge in [0.25, 0.3) is 0 Å². The maximum atomic E-state index is 5.98. The van der Waals surface area contributed by atoms with Gasteiger partial charge in [0.05, 0.1) is 6.10 Å². The van der Waals surface area contributed by atoms with E-state index < -0.39 is 0 Å². The second-order valence-corrected chi connectivity index (χ2v) is 8.10. The molecule has 2 fully saturated rings. The number of rotatable bonds is 13. The van der Waals surface area contributed by atoms with Gasteiger partial charge in [-0.05, 0) is 57.3 Å². The van der Waals surface area contributed by atoms with Gasteiger partial charge in [0.1, 0.15) is 0 Å². The Kier molecular flexibility index (Phi) is 17.3. The fourth-order valence-corrected chi connectivity index (χ4v) is 3.86. The second-order valence-electron chi connectivity index (χ2n) is 8.10. The van der Waals surface area contributed by atoms with Crippen molar-refractivity contribution in [2.45, 2.75) is 76.7 Å². The Morgan fingerprint density at radius 3 is 2.34 bits per heavy atom. The number of halogens is 1. The zero-order chi connectivity index (χ0) is 19.7. The molecule has 0 amide bonds. The highest BCUT2D eigenvalue weighted by molar-refractivity contribution is 14.0. The first-order chi connectivity index (χ1) is 13.9. The number of nitrogens with zero attached hydrogens (tertiary/aromatic N) is 1. The molecule has 0 aromatic heterocycles. The van der Waals surface area contributed by atoms with Crippen molar-refractivity contribution in [3.8, 4) is 0 Å². The summed E-state index contributed by atoms with van der Waals surface area (Å²) in [5.41, 5.74) is 0. The van der Waals surface area contributed by atoms with E-state index in [2.05, 4.69) is 15.6 Å². The smallest absolute Gasteiger partial charge is 0.190 e. The van der Waals surface area contributed by atoms with Crippen molar-refractivity contribution in [1.82, 2.24) is 10.6 Å². The highest BCUT2D eigenvalue weighted by Crippen LogP contribution is 2.20. The van der Waals surface area contributed by atoms with Gasteiger partial charge in [-0.2, -0.15) is 0 Å². The largest absolute Gasteiger partial charge is 0.381 e. The van der Waals surface area contributed by atoms with Crippen molar-refractivity contribution < 1.29 is 14.2 Å². The molecule has 1 saturated carbocycles. The van der Waals surface area contributed by atoms with Gasteiger partial charge in [0.2, 0.25) is 0 Å². The number of hydrogen-bond donors (Lipinski definition) is 2. The molecule has 29 heavy (non-hydrogen) atoms. The molecule has 0 unspecified atom stereocenters. The topological polar surface area (TPSA) is 64.1 Å². The molecule has 0 spiro atoms. The van der Waals surface area contributed by atoms with E-state index in [1.165, 1.54) is 38.5 Å². The SMILES string of the molecule is CN=C(NCCCCCOC1CCCCC1)NCCCOCC1CCOCC1.I. The first-order valence-electron chi connectivity index (χ1n) is 11.6. The molecule has 7 heteroatoms. The van der Waals surface area contributed by atoms with Crippen molar-refractivity contribution in [3.05, 3.63) is 0 Å². The van der Waals surface area contributed by atoms with Crippen LogP contribution in [0.25, 0.3) is 0 Å². The fraction of sp³-hybridized carbons (Fsp3) is 0.955. The van der Waals surface area contributed by atoms with Crippen LogP contribution in [0.1, 0.15) is 70.6 Å². The number of hydrogen-bond acceptors (Lipinski definition) is 4. The molecular weight excluding hydrogens is 481 g/mol. The lowest BCUT2D eigenvalue weighted by Crippen LogP contribution is -2.38. The lowest BCUT2D eigenvalue weighted by Gasteiger charge is -2.22. The van der Waals surface area contributed by atoms with Gasteiger partial charge in [-0.3, -0.25) is 4.99 Å². The van der Waals surface area contributed by atoms with Gasteiger partial charge in [-0.1, -0.05) is 19.3 Å². The summed E-state index contributed by atoms with van der Waals surface area (Å²) < 4.78 is 17.2. The predicted molar refractivity (Wildman–Crippen MR) is 130 cm³/mol. The summed E-state index contributed by atoms with van der Waals surface area (Å²) in [7, 11) is 1.83. The number of unbranched alkanes of at least 4 members (excludes halogenated alkanes) is 2. The van der Waals surface area contributed by atoms with Gasteiger partial charge in [-0.15, -0.1) is 24.0 Å². The van der Waals surface area contributed by atoms with Gasteiger partial charge in [0, 0.05) is 53.2 Å². The van der Waals surface area contributed by atoms with Gasteiger partial charge in [-0.25, -0.2) is 0 Å². The Balaban J connectivity index is 0.00000420. The molecule has 0 aromatic carbocycles. The molecule has 1 aliphatic carbocycles. The molecule has 0 bridgehead atoms. The van der Waals surface area contributed by atoms with Crippen LogP contribution in [-0.4, -0.2) is 65.2 Å². The van der Waals surface area contributed by atoms with Crippen LogP contribution in [-0.2, 0) is 14.2 Å². The average Bonchev–Trinajstić information content (AvgIpc) is 2.75. The molecule has 2 rings (SSSR count). The quantitative estimate of drug-likeness (QED) is 0.164. The molecule has 2 N–H and O–H groups in total. The lowest BCUT2D eigenvalue weighted by atomic mass is 9.98. The van der Waals surface area contributed by atoms with Crippen LogP contribution in [0.3, 0.4) is 0 Å². The summed E-state index contributed by atoms with van der Waals surface area (Å²) in [4.78, 5) is 4.29. The minimum absolute atomic E-state index is 0. The summed E-state index contributed by atoms with van der Waals surface area (Å²) >= 11 is 0. The van der Waals surface area contributed by atoms with E-state index >= 15 is 0 Å². The predicted octanol–water partition coefficient (Wildman–Crippen LogP) is 4.12. The van der Waals surface area contributed by atoms with E-state index in [4.69, 9.17) is 14.2 Å². The van der Waals surface area contributed by atoms with E-state index in [-0.39, 0.29) is 24.0 Å². The van der Waals surface area contributed by atoms with E-state index in [9.17, 15) is 0 Å². The lowest BCUT2D eigenvalue weighted by molar-refractivity contribution is 0.0203. The van der Waals surface area contributed by atoms with Gasteiger partial charge < -0.3 is 24.8 Å². The third-order valence-corrected chi connectivity index (χ3v) is 5.70. The van der Waals surface area contributed by atoms with Crippen LogP contribution in [0, 0.1) is 5.92 Å². The van der Waals surface area contributed by atoms with Gasteiger partial charge >= 0.3 is 0 Å². The Morgan fingerprint density at radius 2 is 1.62 bits per heavy atom. The Labute approximate surface area is 195 Å². The van der Waals surface area contributed by atoms with Crippen molar-refractivity contribution >= 4 is 29.9 Å². The molecule has 0 aromatic rings. The minimum atomic E-state index is 0. The zero-order valence-electron chi connectivity index (χ0n) is 18.5. The van der Waals surface area contributed by atoms with E-state index in [1.54, 1.807) is 0 Å². The van der Waals surface area contributed by atoms with Crippen molar-refractivity contribution in [1.29, 1.82) is 0 Å². The standard InChI is InChI=1S/C22H43N3O3.HI/c1-23-22(25-14-8-15-27-19-20-11-17-26-18-12-20)24-13-6-3-7-16-28-21-9-4-2-5-10-21;/h20-21H,2-19H2,1H3,(H2,23,24,25);1H. The summed E-state index contributed by atoms with van der Waals surface area (Å²) in [5, 5.41) is 6.76. The normalized spacial score (nSPS) is 19.0. The molecular formula is C22H44IN3O3. The third kappa shape index (κ3) is 13.7. The van der Waals surface area contributed by atoms with Crippen molar-refractivity contribution in [2.24, 2.45) is 10.9 Å². The number of aliphatic imine (C=N–C) groups is 1. The maximum absolute atomic E-state index is 5.98. The Hall–Kier alpha value is -0.120. The molecule has 0 radical (unpaired) electrons. The molecule has 0 atom stereocenters. The molecule has 6 nitrogen and oxygen atoms in total. The molecule has 1 saturated heterocycles. The van der Waals surface area contributed by atoms with Crippen LogP contribution in [0.4, 0.5) is 0 Å². The van der Waals surface area contributed by atoms with E-state index in [0.29, 0.717) is 12.0 Å². The highest BCUT2D eigenvalue weighted by atomic mass is 127. The number of ether oxygens (including phenoxy) is 3. The van der Waals surface area contributed by atoms with Crippen LogP contribution >= 0.6 is 24.0 Å². The van der Waals surface area contributed by atoms with E-state index in [0.717, 1.165) is 84.2 Å². The van der Waals surface area contributed by atoms with Crippen molar-refractivity contribution in [3.63, 3.8) is 0 Å². The minimum Gasteiger partial charge on any atom is -0.381 e.